The van der Waals surface area contributed by atoms with Gasteiger partial charge in [-0.25, -0.2) is 4.79 Å². The quantitative estimate of drug-likeness (QED) is 0.682. The zero-order chi connectivity index (χ0) is 11.1. The Bertz CT molecular complexity index is 207. The van der Waals surface area contributed by atoms with Crippen molar-refractivity contribution in [1.82, 2.24) is 5.32 Å². The van der Waals surface area contributed by atoms with Gasteiger partial charge in [-0.15, -0.1) is 0 Å². The lowest BCUT2D eigenvalue weighted by atomic mass is 10.2. The topological polar surface area (TPSA) is 64.3 Å². The Kier molecular flexibility index (Phi) is 6.19. The molecule has 3 N–H and O–H groups in total. The SMILES string of the molecule is CC(C)COC(=O)NCC(C)C(N)=S. The zero-order valence-electron chi connectivity index (χ0n) is 8.87. The van der Waals surface area contributed by atoms with E-state index in [9.17, 15) is 4.79 Å². The molecule has 0 fully saturated rings. The molecule has 0 rings (SSSR count). The third kappa shape index (κ3) is 6.65. The summed E-state index contributed by atoms with van der Waals surface area (Å²) in [5.41, 5.74) is 5.38. The molecule has 0 spiro atoms. The van der Waals surface area contributed by atoms with Crippen LogP contribution in [-0.4, -0.2) is 24.2 Å². The predicted octanol–water partition coefficient (Wildman–Crippen LogP) is 1.29. The van der Waals surface area contributed by atoms with Crippen molar-refractivity contribution in [3.05, 3.63) is 0 Å². The minimum Gasteiger partial charge on any atom is -0.449 e. The molecule has 0 radical (unpaired) electrons. The molecular weight excluding hydrogens is 200 g/mol. The summed E-state index contributed by atoms with van der Waals surface area (Å²) in [5.74, 6) is 0.338. The van der Waals surface area contributed by atoms with Gasteiger partial charge in [-0.05, 0) is 5.92 Å². The van der Waals surface area contributed by atoms with Gasteiger partial charge in [0.25, 0.3) is 0 Å². The van der Waals surface area contributed by atoms with Crippen molar-refractivity contribution in [1.29, 1.82) is 0 Å². The summed E-state index contributed by atoms with van der Waals surface area (Å²) in [6.07, 6.45) is -0.415. The summed E-state index contributed by atoms with van der Waals surface area (Å²) in [6, 6.07) is 0. The summed E-state index contributed by atoms with van der Waals surface area (Å²) in [5, 5.41) is 2.59. The second-order valence-corrected chi connectivity index (χ2v) is 4.15. The Hall–Kier alpha value is -0.840. The number of rotatable bonds is 5. The average molecular weight is 218 g/mol. The number of alkyl carbamates (subject to hydrolysis) is 1. The van der Waals surface area contributed by atoms with Crippen molar-refractivity contribution < 1.29 is 9.53 Å². The van der Waals surface area contributed by atoms with Gasteiger partial charge in [0.15, 0.2) is 0 Å². The lowest BCUT2D eigenvalue weighted by Crippen LogP contribution is -2.34. The van der Waals surface area contributed by atoms with Gasteiger partial charge in [0, 0.05) is 12.5 Å². The van der Waals surface area contributed by atoms with Crippen LogP contribution in [0.1, 0.15) is 20.8 Å². The van der Waals surface area contributed by atoms with Gasteiger partial charge in [0.2, 0.25) is 0 Å². The van der Waals surface area contributed by atoms with Crippen LogP contribution >= 0.6 is 12.2 Å². The van der Waals surface area contributed by atoms with Crippen LogP contribution in [0.3, 0.4) is 0 Å². The summed E-state index contributed by atoms with van der Waals surface area (Å²) in [4.78, 5) is 11.5. The molecule has 1 amide bonds. The maximum absolute atomic E-state index is 11.1. The molecule has 1 unspecified atom stereocenters. The molecule has 5 heteroatoms. The first kappa shape index (κ1) is 13.2. The smallest absolute Gasteiger partial charge is 0.407 e. The number of nitrogens with two attached hydrogens (primary N) is 1. The van der Waals surface area contributed by atoms with E-state index in [4.69, 9.17) is 22.7 Å². The van der Waals surface area contributed by atoms with Gasteiger partial charge in [-0.3, -0.25) is 0 Å². The van der Waals surface area contributed by atoms with E-state index in [0.29, 0.717) is 24.1 Å². The lowest BCUT2D eigenvalue weighted by molar-refractivity contribution is 0.132. The fourth-order valence-corrected chi connectivity index (χ4v) is 0.714. The van der Waals surface area contributed by atoms with E-state index in [2.05, 4.69) is 5.32 Å². The van der Waals surface area contributed by atoms with Crippen LogP contribution in [0.25, 0.3) is 0 Å². The first-order valence-corrected chi connectivity index (χ1v) is 5.04. The molecule has 4 nitrogen and oxygen atoms in total. The van der Waals surface area contributed by atoms with E-state index in [1.54, 1.807) is 0 Å². The van der Waals surface area contributed by atoms with E-state index in [1.807, 2.05) is 20.8 Å². The Balaban J connectivity index is 3.59. The molecule has 0 heterocycles. The predicted molar refractivity (Wildman–Crippen MR) is 60.1 cm³/mol. The minimum atomic E-state index is -0.415. The van der Waals surface area contributed by atoms with E-state index >= 15 is 0 Å². The normalized spacial score (nSPS) is 12.3. The van der Waals surface area contributed by atoms with Crippen LogP contribution in [0, 0.1) is 11.8 Å². The van der Waals surface area contributed by atoms with Gasteiger partial charge in [-0.1, -0.05) is 33.0 Å². The van der Waals surface area contributed by atoms with E-state index in [-0.39, 0.29) is 5.92 Å². The molecule has 0 bridgehead atoms. The molecule has 1 atom stereocenters. The van der Waals surface area contributed by atoms with Crippen molar-refractivity contribution in [2.45, 2.75) is 20.8 Å². The van der Waals surface area contributed by atoms with Crippen LogP contribution in [0.4, 0.5) is 4.79 Å². The van der Waals surface area contributed by atoms with Crippen molar-refractivity contribution in [3.63, 3.8) is 0 Å². The second kappa shape index (κ2) is 6.59. The molecule has 82 valence electrons. The zero-order valence-corrected chi connectivity index (χ0v) is 9.69. The largest absolute Gasteiger partial charge is 0.449 e. The summed E-state index contributed by atoms with van der Waals surface area (Å²) < 4.78 is 4.90. The fraction of sp³-hybridized carbons (Fsp3) is 0.778. The van der Waals surface area contributed by atoms with Gasteiger partial charge < -0.3 is 15.8 Å². The number of carbonyl (C=O) groups is 1. The molecular formula is C9H18N2O2S. The number of carbonyl (C=O) groups excluding carboxylic acids is 1. The number of hydrogen-bond acceptors (Lipinski definition) is 3. The number of hydrogen-bond donors (Lipinski definition) is 2. The van der Waals surface area contributed by atoms with E-state index in [0.717, 1.165) is 0 Å². The van der Waals surface area contributed by atoms with Crippen molar-refractivity contribution in [2.75, 3.05) is 13.2 Å². The number of nitrogens with one attached hydrogen (secondary N) is 1. The third-order valence-electron chi connectivity index (χ3n) is 1.59. The maximum atomic E-state index is 11.1. The van der Waals surface area contributed by atoms with E-state index < -0.39 is 6.09 Å². The van der Waals surface area contributed by atoms with Gasteiger partial charge in [-0.2, -0.15) is 0 Å². The lowest BCUT2D eigenvalue weighted by Gasteiger charge is -2.12. The molecule has 0 aromatic rings. The molecule has 0 saturated carbocycles. The molecule has 0 aliphatic rings. The highest BCUT2D eigenvalue weighted by atomic mass is 32.1. The molecule has 0 aliphatic heterocycles. The first-order chi connectivity index (χ1) is 6.43. The monoisotopic (exact) mass is 218 g/mol. The Morgan fingerprint density at radius 1 is 1.50 bits per heavy atom. The van der Waals surface area contributed by atoms with Crippen LogP contribution in [0.2, 0.25) is 0 Å². The average Bonchev–Trinajstić information content (AvgIpc) is 2.10. The van der Waals surface area contributed by atoms with Crippen LogP contribution in [0.5, 0.6) is 0 Å². The third-order valence-corrected chi connectivity index (χ3v) is 1.99. The van der Waals surface area contributed by atoms with Gasteiger partial charge in [0.05, 0.1) is 11.6 Å². The van der Waals surface area contributed by atoms with Crippen molar-refractivity contribution in [2.24, 2.45) is 17.6 Å². The summed E-state index contributed by atoms with van der Waals surface area (Å²) in [7, 11) is 0. The van der Waals surface area contributed by atoms with Gasteiger partial charge >= 0.3 is 6.09 Å². The highest BCUT2D eigenvalue weighted by molar-refractivity contribution is 7.80. The first-order valence-electron chi connectivity index (χ1n) is 4.63. The Morgan fingerprint density at radius 3 is 2.50 bits per heavy atom. The fourth-order valence-electron chi connectivity index (χ4n) is 0.630. The van der Waals surface area contributed by atoms with E-state index in [1.165, 1.54) is 0 Å². The van der Waals surface area contributed by atoms with Crippen molar-refractivity contribution in [3.8, 4) is 0 Å². The molecule has 14 heavy (non-hydrogen) atoms. The van der Waals surface area contributed by atoms with Crippen LogP contribution < -0.4 is 11.1 Å². The molecule has 0 aromatic heterocycles. The Labute approximate surface area is 90.2 Å². The van der Waals surface area contributed by atoms with Gasteiger partial charge in [0.1, 0.15) is 0 Å². The molecule has 0 aromatic carbocycles. The maximum Gasteiger partial charge on any atom is 0.407 e. The number of ether oxygens (including phenoxy) is 1. The minimum absolute atomic E-state index is 0.00315. The number of amides is 1. The Morgan fingerprint density at radius 2 is 2.07 bits per heavy atom. The van der Waals surface area contributed by atoms with Crippen LogP contribution in [-0.2, 0) is 4.74 Å². The molecule has 0 aliphatic carbocycles. The number of thiocarbonyl (C=S) groups is 1. The summed E-state index contributed by atoms with van der Waals surface area (Å²) >= 11 is 4.76. The second-order valence-electron chi connectivity index (χ2n) is 3.68. The highest BCUT2D eigenvalue weighted by Gasteiger charge is 2.08. The molecule has 0 saturated heterocycles. The summed E-state index contributed by atoms with van der Waals surface area (Å²) in [6.45, 7) is 6.65. The van der Waals surface area contributed by atoms with Crippen LogP contribution in [0.15, 0.2) is 0 Å². The highest BCUT2D eigenvalue weighted by Crippen LogP contribution is 1.95. The standard InChI is InChI=1S/C9H18N2O2S/c1-6(2)5-13-9(12)11-4-7(3)8(10)14/h6-7H,4-5H2,1-3H3,(H2,10,14)(H,11,12). The van der Waals surface area contributed by atoms with Crippen molar-refractivity contribution >= 4 is 23.3 Å².